The molecule has 1 rings (SSSR count). The van der Waals surface area contributed by atoms with E-state index >= 15 is 0 Å². The molecule has 1 heterocycles. The van der Waals surface area contributed by atoms with E-state index < -0.39 is 5.97 Å². The smallest absolute Gasteiger partial charge is 0.320 e. The van der Waals surface area contributed by atoms with Crippen molar-refractivity contribution >= 4 is 18.4 Å². The van der Waals surface area contributed by atoms with Gasteiger partial charge in [-0.05, 0) is 25.3 Å². The molecular weight excluding hydrogens is 178 g/mol. The maximum atomic E-state index is 10.6. The van der Waals surface area contributed by atoms with Gasteiger partial charge in [0.15, 0.2) is 0 Å². The van der Waals surface area contributed by atoms with Gasteiger partial charge in [-0.1, -0.05) is 13.3 Å². The Labute approximate surface area is 78.9 Å². The summed E-state index contributed by atoms with van der Waals surface area (Å²) >= 11 is 0. The van der Waals surface area contributed by atoms with Gasteiger partial charge in [0.05, 0.1) is 0 Å². The molecule has 2 atom stereocenters. The average Bonchev–Trinajstić information content (AvgIpc) is 2.36. The Kier molecular flexibility index (Phi) is 5.25. The summed E-state index contributed by atoms with van der Waals surface area (Å²) < 4.78 is 0. The molecule has 1 aliphatic heterocycles. The Hall–Kier alpha value is -0.280. The quantitative estimate of drug-likeness (QED) is 0.710. The van der Waals surface area contributed by atoms with Crippen LogP contribution in [0.15, 0.2) is 0 Å². The molecule has 4 heteroatoms. The average molecular weight is 194 g/mol. The molecule has 0 aromatic heterocycles. The minimum atomic E-state index is -0.694. The van der Waals surface area contributed by atoms with Crippen molar-refractivity contribution in [3.05, 3.63) is 0 Å². The minimum Gasteiger partial charge on any atom is -0.480 e. The lowest BCUT2D eigenvalue weighted by Crippen LogP contribution is -2.35. The second kappa shape index (κ2) is 5.38. The van der Waals surface area contributed by atoms with Gasteiger partial charge < -0.3 is 10.4 Å². The van der Waals surface area contributed by atoms with Crippen molar-refractivity contribution in [2.75, 3.05) is 6.54 Å². The lowest BCUT2D eigenvalue weighted by Gasteiger charge is -2.13. The summed E-state index contributed by atoms with van der Waals surface area (Å²) in [4.78, 5) is 10.6. The first kappa shape index (κ1) is 11.7. The monoisotopic (exact) mass is 193 g/mol. The molecule has 0 aromatic rings. The van der Waals surface area contributed by atoms with Crippen molar-refractivity contribution < 1.29 is 9.90 Å². The topological polar surface area (TPSA) is 49.3 Å². The number of carboxylic acid groups (broad SMARTS) is 1. The lowest BCUT2D eigenvalue weighted by atomic mass is 9.96. The van der Waals surface area contributed by atoms with Gasteiger partial charge in [0, 0.05) is 0 Å². The van der Waals surface area contributed by atoms with E-state index in [-0.39, 0.29) is 18.4 Å². The van der Waals surface area contributed by atoms with Crippen LogP contribution in [0.1, 0.15) is 26.2 Å². The van der Waals surface area contributed by atoms with E-state index in [2.05, 4.69) is 12.2 Å². The Morgan fingerprint density at radius 1 is 1.67 bits per heavy atom. The summed E-state index contributed by atoms with van der Waals surface area (Å²) in [6.45, 7) is 2.96. The number of hydrogen-bond donors (Lipinski definition) is 2. The van der Waals surface area contributed by atoms with Crippen LogP contribution in [0.5, 0.6) is 0 Å². The molecule has 0 spiro atoms. The van der Waals surface area contributed by atoms with Gasteiger partial charge in [-0.2, -0.15) is 0 Å². The molecule has 12 heavy (non-hydrogen) atoms. The zero-order chi connectivity index (χ0) is 8.27. The minimum absolute atomic E-state index is 0. The molecule has 0 amide bonds. The van der Waals surface area contributed by atoms with Gasteiger partial charge in [-0.25, -0.2) is 0 Å². The summed E-state index contributed by atoms with van der Waals surface area (Å²) in [5, 5.41) is 11.7. The Morgan fingerprint density at radius 3 is 2.83 bits per heavy atom. The van der Waals surface area contributed by atoms with E-state index in [4.69, 9.17) is 5.11 Å². The van der Waals surface area contributed by atoms with Crippen LogP contribution in [-0.4, -0.2) is 23.7 Å². The van der Waals surface area contributed by atoms with Gasteiger partial charge in [0.2, 0.25) is 0 Å². The number of aliphatic carboxylic acids is 1. The molecule has 1 saturated heterocycles. The third kappa shape index (κ3) is 2.64. The molecule has 0 radical (unpaired) electrons. The Balaban J connectivity index is 0.00000121. The summed E-state index contributed by atoms with van der Waals surface area (Å²) in [6.07, 6.45) is 3.13. The molecule has 0 bridgehead atoms. The standard InChI is InChI=1S/C8H15NO2.ClH/c1-2-3-6-4-5-9-7(6)8(10)11;/h6-7,9H,2-5H2,1H3,(H,10,11);1H/t6-,7+;/m1./s1. The molecule has 3 nitrogen and oxygen atoms in total. The summed E-state index contributed by atoms with van der Waals surface area (Å²) in [7, 11) is 0. The van der Waals surface area contributed by atoms with Gasteiger partial charge >= 0.3 is 5.97 Å². The molecule has 0 saturated carbocycles. The van der Waals surface area contributed by atoms with Crippen molar-refractivity contribution in [3.8, 4) is 0 Å². The number of carbonyl (C=O) groups is 1. The fraction of sp³-hybridized carbons (Fsp3) is 0.875. The van der Waals surface area contributed by atoms with E-state index in [1.54, 1.807) is 0 Å². The summed E-state index contributed by atoms with van der Waals surface area (Å²) in [6, 6.07) is -0.282. The van der Waals surface area contributed by atoms with E-state index in [1.165, 1.54) is 0 Å². The van der Waals surface area contributed by atoms with Crippen LogP contribution in [0.2, 0.25) is 0 Å². The first-order valence-electron chi connectivity index (χ1n) is 4.22. The van der Waals surface area contributed by atoms with Crippen LogP contribution >= 0.6 is 12.4 Å². The SMILES string of the molecule is CCC[C@@H]1CCN[C@@H]1C(=O)O.Cl. The predicted octanol–water partition coefficient (Wildman–Crippen LogP) is 1.27. The molecular formula is C8H16ClNO2. The number of nitrogens with one attached hydrogen (secondary N) is 1. The molecule has 72 valence electrons. The predicted molar refractivity (Wildman–Crippen MR) is 49.7 cm³/mol. The van der Waals surface area contributed by atoms with E-state index in [0.29, 0.717) is 5.92 Å². The van der Waals surface area contributed by atoms with Gasteiger partial charge in [0.25, 0.3) is 0 Å². The van der Waals surface area contributed by atoms with Crippen molar-refractivity contribution in [3.63, 3.8) is 0 Å². The molecule has 1 aliphatic rings. The van der Waals surface area contributed by atoms with Crippen LogP contribution in [0, 0.1) is 5.92 Å². The number of rotatable bonds is 3. The Morgan fingerprint density at radius 2 is 2.33 bits per heavy atom. The maximum absolute atomic E-state index is 10.6. The van der Waals surface area contributed by atoms with E-state index in [1.807, 2.05) is 0 Å². The highest BCUT2D eigenvalue weighted by molar-refractivity contribution is 5.85. The highest BCUT2D eigenvalue weighted by Gasteiger charge is 2.31. The van der Waals surface area contributed by atoms with Crippen molar-refractivity contribution in [1.82, 2.24) is 5.32 Å². The molecule has 0 unspecified atom stereocenters. The molecule has 0 aliphatic carbocycles. The summed E-state index contributed by atoms with van der Waals surface area (Å²) in [5.41, 5.74) is 0. The lowest BCUT2D eigenvalue weighted by molar-refractivity contribution is -0.140. The first-order valence-corrected chi connectivity index (χ1v) is 4.22. The molecule has 1 fully saturated rings. The summed E-state index contributed by atoms with van der Waals surface area (Å²) in [5.74, 6) is -0.335. The maximum Gasteiger partial charge on any atom is 0.320 e. The van der Waals surface area contributed by atoms with Crippen LogP contribution in [-0.2, 0) is 4.79 Å². The second-order valence-corrected chi connectivity index (χ2v) is 3.11. The van der Waals surface area contributed by atoms with Crippen LogP contribution in [0.4, 0.5) is 0 Å². The second-order valence-electron chi connectivity index (χ2n) is 3.11. The zero-order valence-electron chi connectivity index (χ0n) is 7.25. The van der Waals surface area contributed by atoms with Crippen LogP contribution < -0.4 is 5.32 Å². The highest BCUT2D eigenvalue weighted by Crippen LogP contribution is 2.20. The fourth-order valence-electron chi connectivity index (χ4n) is 1.73. The Bertz CT molecular complexity index is 152. The third-order valence-corrected chi connectivity index (χ3v) is 2.28. The first-order chi connectivity index (χ1) is 5.25. The van der Waals surface area contributed by atoms with Crippen LogP contribution in [0.3, 0.4) is 0 Å². The third-order valence-electron chi connectivity index (χ3n) is 2.28. The number of halogens is 1. The highest BCUT2D eigenvalue weighted by atomic mass is 35.5. The molecule has 0 aromatic carbocycles. The largest absolute Gasteiger partial charge is 0.480 e. The van der Waals surface area contributed by atoms with Crippen LogP contribution in [0.25, 0.3) is 0 Å². The van der Waals surface area contributed by atoms with E-state index in [0.717, 1.165) is 25.8 Å². The normalized spacial score (nSPS) is 28.1. The van der Waals surface area contributed by atoms with Crippen molar-refractivity contribution in [1.29, 1.82) is 0 Å². The van der Waals surface area contributed by atoms with Crippen molar-refractivity contribution in [2.24, 2.45) is 5.92 Å². The van der Waals surface area contributed by atoms with Crippen molar-refractivity contribution in [2.45, 2.75) is 32.2 Å². The van der Waals surface area contributed by atoms with Gasteiger partial charge in [0.1, 0.15) is 6.04 Å². The molecule has 2 N–H and O–H groups in total. The number of carboxylic acids is 1. The van der Waals surface area contributed by atoms with Gasteiger partial charge in [-0.15, -0.1) is 12.4 Å². The zero-order valence-corrected chi connectivity index (χ0v) is 8.06. The number of hydrogen-bond acceptors (Lipinski definition) is 2. The van der Waals surface area contributed by atoms with E-state index in [9.17, 15) is 4.79 Å². The van der Waals surface area contributed by atoms with Gasteiger partial charge in [-0.3, -0.25) is 4.79 Å². The fourth-order valence-corrected chi connectivity index (χ4v) is 1.73.